The van der Waals surface area contributed by atoms with Crippen LogP contribution in [0, 0.1) is 0 Å². The molecule has 2 aromatic carbocycles. The maximum absolute atomic E-state index is 13.8. The first-order chi connectivity index (χ1) is 16.3. The van der Waals surface area contributed by atoms with Gasteiger partial charge in [0.15, 0.2) is 0 Å². The summed E-state index contributed by atoms with van der Waals surface area (Å²) in [5, 5.41) is 3.64. The lowest BCUT2D eigenvalue weighted by molar-refractivity contribution is -0.138. The largest absolute Gasteiger partial charge is 0.418 e. The number of pyridine rings is 1. The van der Waals surface area contributed by atoms with Crippen LogP contribution >= 0.6 is 0 Å². The number of aromatic nitrogens is 1. The number of hydrogen-bond acceptors (Lipinski definition) is 5. The van der Waals surface area contributed by atoms with Gasteiger partial charge >= 0.3 is 6.18 Å². The van der Waals surface area contributed by atoms with Crippen LogP contribution in [-0.2, 0) is 6.18 Å². The summed E-state index contributed by atoms with van der Waals surface area (Å²) < 4.78 is 41.4. The topological polar surface area (TPSA) is 71.2 Å². The summed E-state index contributed by atoms with van der Waals surface area (Å²) in [4.78, 5) is 19.4. The molecule has 5 nitrogen and oxygen atoms in total. The number of benzene rings is 2. The number of nitrogen functional groups attached to an aromatic ring is 1. The second kappa shape index (κ2) is 9.85. The Bertz CT molecular complexity index is 1150. The van der Waals surface area contributed by atoms with Crippen LogP contribution in [0.1, 0.15) is 53.0 Å². The molecule has 1 saturated heterocycles. The van der Waals surface area contributed by atoms with Crippen LogP contribution in [0.2, 0.25) is 0 Å². The number of rotatable bonds is 6. The van der Waals surface area contributed by atoms with E-state index in [0.29, 0.717) is 18.9 Å². The number of hydrogen-bond donors (Lipinski definition) is 2. The molecule has 3 N–H and O–H groups in total. The van der Waals surface area contributed by atoms with Gasteiger partial charge in [-0.25, -0.2) is 4.98 Å². The SMILES string of the molecule is CCC[C@H]1CN(c2ccc(C(F)(F)F)c(C(=O)c3ccccc3N)n2)C[C@@H](c2ccccc2)N1. The van der Waals surface area contributed by atoms with Gasteiger partial charge in [-0.3, -0.25) is 4.79 Å². The van der Waals surface area contributed by atoms with E-state index in [1.165, 1.54) is 18.2 Å². The van der Waals surface area contributed by atoms with E-state index >= 15 is 0 Å². The van der Waals surface area contributed by atoms with Crippen molar-refractivity contribution in [3.05, 3.63) is 89.1 Å². The van der Waals surface area contributed by atoms with E-state index in [2.05, 4.69) is 17.2 Å². The summed E-state index contributed by atoms with van der Waals surface area (Å²) >= 11 is 0. The summed E-state index contributed by atoms with van der Waals surface area (Å²) in [7, 11) is 0. The average molecular weight is 469 g/mol. The zero-order chi connectivity index (χ0) is 24.3. The highest BCUT2D eigenvalue weighted by atomic mass is 19.4. The van der Waals surface area contributed by atoms with Gasteiger partial charge in [0, 0.05) is 30.4 Å². The summed E-state index contributed by atoms with van der Waals surface area (Å²) in [5.41, 5.74) is 5.39. The fraction of sp³-hybridized carbons (Fsp3) is 0.308. The van der Waals surface area contributed by atoms with E-state index in [0.717, 1.165) is 24.5 Å². The van der Waals surface area contributed by atoms with Gasteiger partial charge in [-0.05, 0) is 36.2 Å². The Kier molecular flexibility index (Phi) is 6.88. The maximum atomic E-state index is 13.8. The normalized spacial score (nSPS) is 18.6. The van der Waals surface area contributed by atoms with Gasteiger partial charge in [0.05, 0.1) is 11.6 Å². The lowest BCUT2D eigenvalue weighted by Gasteiger charge is -2.40. The van der Waals surface area contributed by atoms with Crippen molar-refractivity contribution in [2.45, 2.75) is 38.0 Å². The van der Waals surface area contributed by atoms with Crippen molar-refractivity contribution >= 4 is 17.3 Å². The Morgan fingerprint density at radius 1 is 1.06 bits per heavy atom. The van der Waals surface area contributed by atoms with Crippen molar-refractivity contribution in [3.63, 3.8) is 0 Å². The molecule has 0 aliphatic carbocycles. The molecule has 0 amide bonds. The first-order valence-electron chi connectivity index (χ1n) is 11.3. The Morgan fingerprint density at radius 2 is 1.76 bits per heavy atom. The minimum absolute atomic E-state index is 0.00369. The molecule has 1 aliphatic heterocycles. The second-order valence-electron chi connectivity index (χ2n) is 8.50. The number of halogens is 3. The number of nitrogens with two attached hydrogens (primary N) is 1. The monoisotopic (exact) mass is 468 g/mol. The summed E-state index contributed by atoms with van der Waals surface area (Å²) in [6, 6.07) is 18.4. The molecule has 8 heteroatoms. The Labute approximate surface area is 196 Å². The lowest BCUT2D eigenvalue weighted by atomic mass is 9.99. The van der Waals surface area contributed by atoms with Gasteiger partial charge in [-0.15, -0.1) is 0 Å². The maximum Gasteiger partial charge on any atom is 0.418 e. The van der Waals surface area contributed by atoms with Crippen LogP contribution in [0.3, 0.4) is 0 Å². The summed E-state index contributed by atoms with van der Waals surface area (Å²) in [6.07, 6.45) is -2.85. The molecular formula is C26H27F3N4O. The van der Waals surface area contributed by atoms with Gasteiger partial charge in [0.1, 0.15) is 11.5 Å². The van der Waals surface area contributed by atoms with Crippen molar-refractivity contribution in [3.8, 4) is 0 Å². The van der Waals surface area contributed by atoms with Gasteiger partial charge in [-0.1, -0.05) is 55.8 Å². The zero-order valence-corrected chi connectivity index (χ0v) is 18.8. The number of carbonyl (C=O) groups is 1. The molecule has 178 valence electrons. The number of nitrogens with zero attached hydrogens (tertiary/aromatic N) is 2. The number of anilines is 2. The highest BCUT2D eigenvalue weighted by Crippen LogP contribution is 2.35. The first kappa shape index (κ1) is 23.8. The van der Waals surface area contributed by atoms with Crippen LogP contribution in [0.15, 0.2) is 66.7 Å². The van der Waals surface area contributed by atoms with Crippen LogP contribution in [-0.4, -0.2) is 29.9 Å². The molecule has 0 spiro atoms. The van der Waals surface area contributed by atoms with E-state index < -0.39 is 23.2 Å². The van der Waals surface area contributed by atoms with E-state index in [4.69, 9.17) is 5.73 Å². The van der Waals surface area contributed by atoms with Gasteiger partial charge in [0.25, 0.3) is 0 Å². The third-order valence-electron chi connectivity index (χ3n) is 6.05. The molecule has 3 aromatic rings. The van der Waals surface area contributed by atoms with Crippen molar-refractivity contribution in [1.29, 1.82) is 0 Å². The van der Waals surface area contributed by atoms with Crippen LogP contribution < -0.4 is 16.0 Å². The van der Waals surface area contributed by atoms with Gasteiger partial charge < -0.3 is 16.0 Å². The van der Waals surface area contributed by atoms with E-state index in [9.17, 15) is 18.0 Å². The predicted octanol–water partition coefficient (Wildman–Crippen LogP) is 5.23. The highest BCUT2D eigenvalue weighted by molar-refractivity contribution is 6.12. The third kappa shape index (κ3) is 5.07. The minimum atomic E-state index is -4.72. The number of para-hydroxylation sites is 1. The van der Waals surface area contributed by atoms with E-state index in [1.54, 1.807) is 12.1 Å². The van der Waals surface area contributed by atoms with Gasteiger partial charge in [-0.2, -0.15) is 13.2 Å². The van der Waals surface area contributed by atoms with E-state index in [-0.39, 0.29) is 23.3 Å². The molecule has 1 aromatic heterocycles. The fourth-order valence-corrected chi connectivity index (χ4v) is 4.41. The fourth-order valence-electron chi connectivity index (χ4n) is 4.41. The smallest absolute Gasteiger partial charge is 0.398 e. The Morgan fingerprint density at radius 3 is 2.44 bits per heavy atom. The molecule has 1 fully saturated rings. The first-order valence-corrected chi connectivity index (χ1v) is 11.3. The minimum Gasteiger partial charge on any atom is -0.398 e. The Balaban J connectivity index is 1.74. The van der Waals surface area contributed by atoms with Crippen molar-refractivity contribution in [2.24, 2.45) is 0 Å². The number of piperazine rings is 1. The molecule has 4 rings (SSSR count). The third-order valence-corrected chi connectivity index (χ3v) is 6.05. The molecule has 0 unspecified atom stereocenters. The average Bonchev–Trinajstić information content (AvgIpc) is 2.83. The van der Waals surface area contributed by atoms with E-state index in [1.807, 2.05) is 35.2 Å². The molecule has 0 radical (unpaired) electrons. The van der Waals surface area contributed by atoms with Gasteiger partial charge in [0.2, 0.25) is 5.78 Å². The molecule has 1 aliphatic rings. The van der Waals surface area contributed by atoms with Crippen LogP contribution in [0.4, 0.5) is 24.7 Å². The van der Waals surface area contributed by atoms with Crippen LogP contribution in [0.25, 0.3) is 0 Å². The van der Waals surface area contributed by atoms with Crippen molar-refractivity contribution in [1.82, 2.24) is 10.3 Å². The quantitative estimate of drug-likeness (QED) is 0.383. The predicted molar refractivity (Wildman–Crippen MR) is 127 cm³/mol. The number of ketones is 1. The summed E-state index contributed by atoms with van der Waals surface area (Å²) in [5.74, 6) is -0.499. The Hall–Kier alpha value is -3.39. The lowest BCUT2D eigenvalue weighted by Crippen LogP contribution is -2.52. The zero-order valence-electron chi connectivity index (χ0n) is 18.8. The number of alkyl halides is 3. The molecule has 2 atom stereocenters. The molecule has 2 heterocycles. The van der Waals surface area contributed by atoms with Crippen LogP contribution in [0.5, 0.6) is 0 Å². The van der Waals surface area contributed by atoms with Crippen molar-refractivity contribution in [2.75, 3.05) is 23.7 Å². The molecule has 0 bridgehead atoms. The summed E-state index contributed by atoms with van der Waals surface area (Å²) in [6.45, 7) is 3.19. The molecule has 0 saturated carbocycles. The van der Waals surface area contributed by atoms with Crippen molar-refractivity contribution < 1.29 is 18.0 Å². The molecule has 34 heavy (non-hydrogen) atoms. The second-order valence-corrected chi connectivity index (χ2v) is 8.50. The molecular weight excluding hydrogens is 441 g/mol. The number of carbonyl (C=O) groups excluding carboxylic acids is 1. The standard InChI is InChI=1S/C26H27F3N4O/c1-2-8-18-15-33(16-22(31-18)17-9-4-3-5-10-17)23-14-13-20(26(27,28)29)24(32-23)25(34)19-11-6-7-12-21(19)30/h3-7,9-14,18,22,31H,2,8,15-16,30H2,1H3/t18-,22-/m0/s1. The number of nitrogens with one attached hydrogen (secondary N) is 1. The highest BCUT2D eigenvalue weighted by Gasteiger charge is 2.38.